The predicted octanol–water partition coefficient (Wildman–Crippen LogP) is 2.31. The first-order valence-corrected chi connectivity index (χ1v) is 8.68. The van der Waals surface area contributed by atoms with Crippen LogP contribution in [0.3, 0.4) is 0 Å². The van der Waals surface area contributed by atoms with Gasteiger partial charge in [-0.15, -0.1) is 0 Å². The lowest BCUT2D eigenvalue weighted by molar-refractivity contribution is -0.122. The van der Waals surface area contributed by atoms with Gasteiger partial charge in [0.2, 0.25) is 12.7 Å². The van der Waals surface area contributed by atoms with Crippen molar-refractivity contribution in [1.82, 2.24) is 14.9 Å². The molecule has 0 fully saturated rings. The fraction of sp³-hybridized carbons (Fsp3) is 0.250. The van der Waals surface area contributed by atoms with Crippen molar-refractivity contribution < 1.29 is 14.3 Å². The number of para-hydroxylation sites is 1. The van der Waals surface area contributed by atoms with Crippen molar-refractivity contribution in [1.29, 1.82) is 0 Å². The van der Waals surface area contributed by atoms with Gasteiger partial charge >= 0.3 is 0 Å². The summed E-state index contributed by atoms with van der Waals surface area (Å²) < 4.78 is 12.1. The van der Waals surface area contributed by atoms with Gasteiger partial charge in [-0.2, -0.15) is 0 Å². The number of fused-ring (bicyclic) bond motifs is 2. The minimum Gasteiger partial charge on any atom is -0.454 e. The van der Waals surface area contributed by atoms with E-state index in [-0.39, 0.29) is 30.8 Å². The lowest BCUT2D eigenvalue weighted by Gasteiger charge is -2.16. The molecule has 0 aliphatic carbocycles. The van der Waals surface area contributed by atoms with Crippen molar-refractivity contribution in [2.45, 2.75) is 26.4 Å². The van der Waals surface area contributed by atoms with E-state index in [1.807, 2.05) is 31.2 Å². The summed E-state index contributed by atoms with van der Waals surface area (Å²) in [5.74, 6) is 1.60. The zero-order valence-electron chi connectivity index (χ0n) is 15.1. The average molecular weight is 365 g/mol. The first-order chi connectivity index (χ1) is 13.0. The summed E-state index contributed by atoms with van der Waals surface area (Å²) in [4.78, 5) is 29.6. The number of amides is 1. The lowest BCUT2D eigenvalue weighted by Crippen LogP contribution is -2.35. The maximum Gasteiger partial charge on any atom is 0.261 e. The van der Waals surface area contributed by atoms with Gasteiger partial charge in [0.15, 0.2) is 11.5 Å². The van der Waals surface area contributed by atoms with Gasteiger partial charge in [0.05, 0.1) is 16.9 Å². The largest absolute Gasteiger partial charge is 0.454 e. The van der Waals surface area contributed by atoms with Crippen LogP contribution in [0.2, 0.25) is 0 Å². The third kappa shape index (κ3) is 3.23. The Bertz CT molecular complexity index is 1090. The van der Waals surface area contributed by atoms with E-state index in [0.29, 0.717) is 28.2 Å². The number of carbonyl (C=O) groups is 1. The number of carbonyl (C=O) groups excluding carboxylic acids is 1. The molecule has 7 heteroatoms. The lowest BCUT2D eigenvalue weighted by atomic mass is 10.1. The van der Waals surface area contributed by atoms with Crippen molar-refractivity contribution in [2.75, 3.05) is 6.79 Å². The molecule has 1 atom stereocenters. The molecule has 0 unspecified atom stereocenters. The van der Waals surface area contributed by atoms with E-state index in [1.165, 1.54) is 4.57 Å². The summed E-state index contributed by atoms with van der Waals surface area (Å²) in [6.45, 7) is 3.72. The van der Waals surface area contributed by atoms with Crippen LogP contribution in [0.1, 0.15) is 24.4 Å². The van der Waals surface area contributed by atoms with Gasteiger partial charge in [0.1, 0.15) is 12.4 Å². The second-order valence-corrected chi connectivity index (χ2v) is 6.47. The van der Waals surface area contributed by atoms with Crippen LogP contribution in [-0.4, -0.2) is 22.3 Å². The molecule has 1 aliphatic rings. The summed E-state index contributed by atoms with van der Waals surface area (Å²) in [6, 6.07) is 12.4. The zero-order chi connectivity index (χ0) is 19.0. The van der Waals surface area contributed by atoms with Gasteiger partial charge in [-0.3, -0.25) is 14.2 Å². The quantitative estimate of drug-likeness (QED) is 0.767. The molecule has 0 spiro atoms. The Hall–Kier alpha value is -3.35. The summed E-state index contributed by atoms with van der Waals surface area (Å²) >= 11 is 0. The third-order valence-corrected chi connectivity index (χ3v) is 4.63. The second-order valence-electron chi connectivity index (χ2n) is 6.47. The highest BCUT2D eigenvalue weighted by Gasteiger charge is 2.18. The minimum absolute atomic E-state index is 0.0859. The number of rotatable bonds is 4. The van der Waals surface area contributed by atoms with Gasteiger partial charge in [-0.1, -0.05) is 18.2 Å². The van der Waals surface area contributed by atoms with Crippen LogP contribution in [0.25, 0.3) is 10.9 Å². The Balaban J connectivity index is 1.53. The molecule has 1 aliphatic heterocycles. The number of nitrogens with zero attached hydrogens (tertiary/aromatic N) is 2. The number of hydrogen-bond acceptors (Lipinski definition) is 5. The monoisotopic (exact) mass is 365 g/mol. The van der Waals surface area contributed by atoms with Gasteiger partial charge in [-0.25, -0.2) is 4.98 Å². The van der Waals surface area contributed by atoms with Gasteiger partial charge < -0.3 is 14.8 Å². The first-order valence-electron chi connectivity index (χ1n) is 8.68. The van der Waals surface area contributed by atoms with E-state index < -0.39 is 0 Å². The van der Waals surface area contributed by atoms with E-state index in [1.54, 1.807) is 25.1 Å². The number of nitrogens with one attached hydrogen (secondary N) is 1. The molecular formula is C20H19N3O4. The van der Waals surface area contributed by atoms with E-state index >= 15 is 0 Å². The van der Waals surface area contributed by atoms with Crippen molar-refractivity contribution in [3.63, 3.8) is 0 Å². The molecule has 1 amide bonds. The maximum absolute atomic E-state index is 12.7. The zero-order valence-corrected chi connectivity index (χ0v) is 15.1. The molecule has 2 heterocycles. The molecule has 138 valence electrons. The maximum atomic E-state index is 12.7. The summed E-state index contributed by atoms with van der Waals surface area (Å²) in [6.07, 6.45) is 0. The molecule has 3 aromatic rings. The van der Waals surface area contributed by atoms with Gasteiger partial charge in [0.25, 0.3) is 5.56 Å². The number of hydrogen-bond donors (Lipinski definition) is 1. The Kier molecular flexibility index (Phi) is 4.27. The average Bonchev–Trinajstić information content (AvgIpc) is 3.13. The fourth-order valence-corrected chi connectivity index (χ4v) is 3.16. The Morgan fingerprint density at radius 3 is 2.85 bits per heavy atom. The highest BCUT2D eigenvalue weighted by Crippen LogP contribution is 2.34. The molecular weight excluding hydrogens is 346 g/mol. The van der Waals surface area contributed by atoms with Crippen LogP contribution in [0, 0.1) is 6.92 Å². The number of aryl methyl sites for hydroxylation is 1. The van der Waals surface area contributed by atoms with E-state index in [0.717, 1.165) is 5.56 Å². The van der Waals surface area contributed by atoms with Crippen LogP contribution in [-0.2, 0) is 11.3 Å². The molecule has 7 nitrogen and oxygen atoms in total. The highest BCUT2D eigenvalue weighted by atomic mass is 16.7. The summed E-state index contributed by atoms with van der Waals surface area (Å²) in [5.41, 5.74) is 1.31. The second kappa shape index (κ2) is 6.75. The van der Waals surface area contributed by atoms with Gasteiger partial charge in [-0.05, 0) is 43.7 Å². The smallest absolute Gasteiger partial charge is 0.261 e. The van der Waals surface area contributed by atoms with E-state index in [4.69, 9.17) is 9.47 Å². The molecule has 0 saturated carbocycles. The Morgan fingerprint density at radius 1 is 1.22 bits per heavy atom. The van der Waals surface area contributed by atoms with Crippen LogP contribution >= 0.6 is 0 Å². The topological polar surface area (TPSA) is 82.5 Å². The van der Waals surface area contributed by atoms with Crippen LogP contribution in [0.15, 0.2) is 47.3 Å². The molecule has 0 saturated heterocycles. The normalized spacial score (nSPS) is 13.6. The van der Waals surface area contributed by atoms with Crippen molar-refractivity contribution in [2.24, 2.45) is 0 Å². The standard InChI is InChI=1S/C20H19N3O4/c1-12(14-7-8-17-18(9-14)27-11-26-17)21-19(24)10-23-13(2)22-16-6-4-3-5-15(16)20(23)25/h3-9,12H,10-11H2,1-2H3,(H,21,24)/t12-/m0/s1. The number of benzene rings is 2. The molecule has 1 aromatic heterocycles. The number of aromatic nitrogens is 2. The molecule has 1 N–H and O–H groups in total. The van der Waals surface area contributed by atoms with Crippen LogP contribution in [0.5, 0.6) is 11.5 Å². The van der Waals surface area contributed by atoms with Crippen LogP contribution in [0.4, 0.5) is 0 Å². The Morgan fingerprint density at radius 2 is 2.00 bits per heavy atom. The molecule has 2 aromatic carbocycles. The summed E-state index contributed by atoms with van der Waals surface area (Å²) in [7, 11) is 0. The van der Waals surface area contributed by atoms with Gasteiger partial charge in [0, 0.05) is 0 Å². The molecule has 0 radical (unpaired) electrons. The Labute approximate surface area is 155 Å². The SMILES string of the molecule is Cc1nc2ccccc2c(=O)n1CC(=O)N[C@@H](C)c1ccc2c(c1)OCO2. The van der Waals surface area contributed by atoms with Crippen molar-refractivity contribution in [3.8, 4) is 11.5 Å². The first kappa shape index (κ1) is 17.1. The van der Waals surface area contributed by atoms with E-state index in [9.17, 15) is 9.59 Å². The van der Waals surface area contributed by atoms with Crippen molar-refractivity contribution >= 4 is 16.8 Å². The number of ether oxygens (including phenoxy) is 2. The highest BCUT2D eigenvalue weighted by molar-refractivity contribution is 5.79. The predicted molar refractivity (Wildman–Crippen MR) is 99.9 cm³/mol. The van der Waals surface area contributed by atoms with Crippen LogP contribution < -0.4 is 20.3 Å². The van der Waals surface area contributed by atoms with Crippen molar-refractivity contribution in [3.05, 3.63) is 64.2 Å². The molecule has 4 rings (SSSR count). The molecule has 0 bridgehead atoms. The fourth-order valence-electron chi connectivity index (χ4n) is 3.16. The minimum atomic E-state index is -0.262. The summed E-state index contributed by atoms with van der Waals surface area (Å²) in [5, 5.41) is 3.42. The van der Waals surface area contributed by atoms with E-state index in [2.05, 4.69) is 10.3 Å². The third-order valence-electron chi connectivity index (χ3n) is 4.63. The molecule has 27 heavy (non-hydrogen) atoms.